The van der Waals surface area contributed by atoms with Crippen molar-refractivity contribution < 1.29 is 20.1 Å². The summed E-state index contributed by atoms with van der Waals surface area (Å²) < 4.78 is 0. The first-order chi connectivity index (χ1) is 9.73. The van der Waals surface area contributed by atoms with Crippen LogP contribution in [0.2, 0.25) is 0 Å². The molecule has 0 amide bonds. The predicted molar refractivity (Wildman–Crippen MR) is 85.0 cm³/mol. The molecule has 4 heteroatoms. The summed E-state index contributed by atoms with van der Waals surface area (Å²) in [6.45, 7) is 7.48. The molecule has 3 atom stereocenters. The molecule has 0 aliphatic carbocycles. The number of aliphatic hydroxyl groups is 2. The lowest BCUT2D eigenvalue weighted by Gasteiger charge is -2.14. The smallest absolute Gasteiger partial charge is 0.328 e. The third-order valence-electron chi connectivity index (χ3n) is 3.59. The molecule has 0 saturated carbocycles. The van der Waals surface area contributed by atoms with Gasteiger partial charge in [-0.25, -0.2) is 4.79 Å². The van der Waals surface area contributed by atoms with Gasteiger partial charge >= 0.3 is 5.97 Å². The molecule has 0 unspecified atom stereocenters. The fourth-order valence-electron chi connectivity index (χ4n) is 1.71. The SMILES string of the molecule is CC(/C=C/C(=O)O)=C\C[C@@H](O)/C(C)=C/CC[C@@H](C)[C@@H](C)O. The van der Waals surface area contributed by atoms with Crippen molar-refractivity contribution in [1.29, 1.82) is 0 Å². The van der Waals surface area contributed by atoms with Gasteiger partial charge in [0.25, 0.3) is 0 Å². The van der Waals surface area contributed by atoms with Crippen molar-refractivity contribution in [3.8, 4) is 0 Å². The maximum Gasteiger partial charge on any atom is 0.328 e. The van der Waals surface area contributed by atoms with Crippen molar-refractivity contribution in [2.45, 2.75) is 59.2 Å². The number of allylic oxidation sites excluding steroid dienone is 3. The molecule has 3 N–H and O–H groups in total. The van der Waals surface area contributed by atoms with Gasteiger partial charge in [0.15, 0.2) is 0 Å². The number of hydrogen-bond acceptors (Lipinski definition) is 3. The van der Waals surface area contributed by atoms with E-state index >= 15 is 0 Å². The zero-order valence-electron chi connectivity index (χ0n) is 13.4. The first kappa shape index (κ1) is 19.6. The standard InChI is InChI=1S/C17H28O4/c1-12(9-11-17(20)21)8-10-16(19)14(3)7-5-6-13(2)15(4)18/h7-9,11,13,15-16,18-19H,5-6,10H2,1-4H3,(H,20,21)/b11-9+,12-8+,14-7+/t13-,15-,16-/m1/s1. The molecule has 0 bridgehead atoms. The molecular weight excluding hydrogens is 268 g/mol. The highest BCUT2D eigenvalue weighted by Crippen LogP contribution is 2.14. The first-order valence-electron chi connectivity index (χ1n) is 7.34. The Morgan fingerprint density at radius 3 is 2.24 bits per heavy atom. The molecule has 21 heavy (non-hydrogen) atoms. The van der Waals surface area contributed by atoms with Crippen molar-refractivity contribution in [2.75, 3.05) is 0 Å². The fourth-order valence-corrected chi connectivity index (χ4v) is 1.71. The van der Waals surface area contributed by atoms with Crippen LogP contribution >= 0.6 is 0 Å². The Balaban J connectivity index is 4.29. The molecular formula is C17H28O4. The summed E-state index contributed by atoms with van der Waals surface area (Å²) >= 11 is 0. The molecule has 0 aliphatic rings. The van der Waals surface area contributed by atoms with Gasteiger partial charge in [-0.1, -0.05) is 30.7 Å². The third-order valence-corrected chi connectivity index (χ3v) is 3.59. The minimum Gasteiger partial charge on any atom is -0.478 e. The molecule has 0 aromatic heterocycles. The summed E-state index contributed by atoms with van der Waals surface area (Å²) in [6, 6.07) is 0. The molecule has 0 radical (unpaired) electrons. The molecule has 0 heterocycles. The maximum absolute atomic E-state index is 10.4. The van der Waals surface area contributed by atoms with Crippen LogP contribution in [-0.2, 0) is 4.79 Å². The van der Waals surface area contributed by atoms with Gasteiger partial charge < -0.3 is 15.3 Å². The van der Waals surface area contributed by atoms with Crippen molar-refractivity contribution in [2.24, 2.45) is 5.92 Å². The number of aliphatic carboxylic acids is 1. The molecule has 0 aromatic carbocycles. The van der Waals surface area contributed by atoms with Gasteiger partial charge in [-0.05, 0) is 51.5 Å². The molecule has 0 aromatic rings. The first-order valence-corrected chi connectivity index (χ1v) is 7.34. The van der Waals surface area contributed by atoms with E-state index in [1.54, 1.807) is 13.8 Å². The zero-order valence-corrected chi connectivity index (χ0v) is 13.4. The summed E-state index contributed by atoms with van der Waals surface area (Å²) in [6.07, 6.45) is 7.73. The van der Waals surface area contributed by atoms with E-state index in [4.69, 9.17) is 5.11 Å². The van der Waals surface area contributed by atoms with Gasteiger partial charge in [-0.15, -0.1) is 0 Å². The number of aliphatic hydroxyl groups excluding tert-OH is 2. The Morgan fingerprint density at radius 2 is 1.71 bits per heavy atom. The van der Waals surface area contributed by atoms with Gasteiger partial charge in [0.2, 0.25) is 0 Å². The quantitative estimate of drug-likeness (QED) is 0.347. The van der Waals surface area contributed by atoms with Crippen LogP contribution in [-0.4, -0.2) is 33.5 Å². The monoisotopic (exact) mass is 296 g/mol. The minimum atomic E-state index is -0.980. The lowest BCUT2D eigenvalue weighted by atomic mass is 9.98. The van der Waals surface area contributed by atoms with Gasteiger partial charge in [0.1, 0.15) is 0 Å². The normalized spacial score (nSPS) is 17.8. The van der Waals surface area contributed by atoms with Crippen LogP contribution in [0.3, 0.4) is 0 Å². The molecule has 0 rings (SSSR count). The Kier molecular flexibility index (Phi) is 9.67. The Bertz CT molecular complexity index is 405. The summed E-state index contributed by atoms with van der Waals surface area (Å²) in [7, 11) is 0. The predicted octanol–water partition coefficient (Wildman–Crippen LogP) is 3.07. The number of hydrogen-bond donors (Lipinski definition) is 3. The van der Waals surface area contributed by atoms with Crippen molar-refractivity contribution in [1.82, 2.24) is 0 Å². The number of carbonyl (C=O) groups is 1. The highest BCUT2D eigenvalue weighted by atomic mass is 16.4. The molecule has 0 saturated heterocycles. The molecule has 4 nitrogen and oxygen atoms in total. The highest BCUT2D eigenvalue weighted by molar-refractivity contribution is 5.80. The largest absolute Gasteiger partial charge is 0.478 e. The average molecular weight is 296 g/mol. The summed E-state index contributed by atoms with van der Waals surface area (Å²) in [4.78, 5) is 10.4. The Morgan fingerprint density at radius 1 is 1.10 bits per heavy atom. The van der Waals surface area contributed by atoms with Crippen LogP contribution in [0, 0.1) is 5.92 Å². The Labute approximate surface area is 127 Å². The molecule has 120 valence electrons. The van der Waals surface area contributed by atoms with E-state index in [-0.39, 0.29) is 12.0 Å². The van der Waals surface area contributed by atoms with Crippen LogP contribution in [0.5, 0.6) is 0 Å². The van der Waals surface area contributed by atoms with Crippen LogP contribution in [0.15, 0.2) is 35.5 Å². The van der Waals surface area contributed by atoms with E-state index in [1.165, 1.54) is 6.08 Å². The average Bonchev–Trinajstić information content (AvgIpc) is 2.41. The van der Waals surface area contributed by atoms with Crippen LogP contribution in [0.4, 0.5) is 0 Å². The second-order valence-electron chi connectivity index (χ2n) is 5.61. The fraction of sp³-hybridized carbons (Fsp3) is 0.588. The van der Waals surface area contributed by atoms with Crippen LogP contribution < -0.4 is 0 Å². The lowest BCUT2D eigenvalue weighted by molar-refractivity contribution is -0.131. The zero-order chi connectivity index (χ0) is 16.4. The second kappa shape index (κ2) is 10.4. The third kappa shape index (κ3) is 10.0. The van der Waals surface area contributed by atoms with E-state index in [0.717, 1.165) is 30.1 Å². The van der Waals surface area contributed by atoms with Gasteiger partial charge in [-0.2, -0.15) is 0 Å². The number of carboxylic acids is 1. The van der Waals surface area contributed by atoms with E-state index in [0.29, 0.717) is 6.42 Å². The van der Waals surface area contributed by atoms with Crippen molar-refractivity contribution in [3.63, 3.8) is 0 Å². The van der Waals surface area contributed by atoms with Gasteiger partial charge in [0.05, 0.1) is 12.2 Å². The minimum absolute atomic E-state index is 0.245. The maximum atomic E-state index is 10.4. The highest BCUT2D eigenvalue weighted by Gasteiger charge is 2.08. The number of rotatable bonds is 9. The van der Waals surface area contributed by atoms with Crippen LogP contribution in [0.1, 0.15) is 47.0 Å². The number of carboxylic acid groups (broad SMARTS) is 1. The lowest BCUT2D eigenvalue weighted by Crippen LogP contribution is -2.12. The van der Waals surface area contributed by atoms with Crippen molar-refractivity contribution in [3.05, 3.63) is 35.5 Å². The molecule has 0 fully saturated rings. The second-order valence-corrected chi connectivity index (χ2v) is 5.61. The topological polar surface area (TPSA) is 77.8 Å². The summed E-state index contributed by atoms with van der Waals surface area (Å²) in [5.41, 5.74) is 1.71. The van der Waals surface area contributed by atoms with E-state index in [2.05, 4.69) is 0 Å². The van der Waals surface area contributed by atoms with Crippen molar-refractivity contribution >= 4 is 5.97 Å². The summed E-state index contributed by atoms with van der Waals surface area (Å²) in [5, 5.41) is 27.9. The Hall–Kier alpha value is -1.39. The van der Waals surface area contributed by atoms with Crippen LogP contribution in [0.25, 0.3) is 0 Å². The molecule has 0 aliphatic heterocycles. The van der Waals surface area contributed by atoms with E-state index in [1.807, 2.05) is 26.0 Å². The van der Waals surface area contributed by atoms with E-state index < -0.39 is 12.1 Å². The van der Waals surface area contributed by atoms with E-state index in [9.17, 15) is 15.0 Å². The van der Waals surface area contributed by atoms with Gasteiger partial charge in [0, 0.05) is 6.08 Å². The summed E-state index contributed by atoms with van der Waals surface area (Å²) in [5.74, 6) is -0.735. The van der Waals surface area contributed by atoms with Gasteiger partial charge in [-0.3, -0.25) is 0 Å². The molecule has 0 spiro atoms.